The molecule has 2 fully saturated rings. The summed E-state index contributed by atoms with van der Waals surface area (Å²) in [7, 11) is 0. The van der Waals surface area contributed by atoms with Crippen LogP contribution in [0.5, 0.6) is 0 Å². The summed E-state index contributed by atoms with van der Waals surface area (Å²) in [6.45, 7) is 8.57. The summed E-state index contributed by atoms with van der Waals surface area (Å²) in [5.74, 6) is 1.95. The SMILES string of the molecule is CCC1CCN(CC2CN(c3cccc(SCO)c3)C2)CC1. The van der Waals surface area contributed by atoms with Gasteiger partial charge in [0.2, 0.25) is 0 Å². The molecule has 122 valence electrons. The second kappa shape index (κ2) is 7.71. The van der Waals surface area contributed by atoms with Crippen LogP contribution in [0.4, 0.5) is 5.69 Å². The fourth-order valence-electron chi connectivity index (χ4n) is 3.68. The number of aliphatic hydroxyl groups is 1. The summed E-state index contributed by atoms with van der Waals surface area (Å²) in [5, 5.41) is 9.03. The molecule has 2 aliphatic heterocycles. The summed E-state index contributed by atoms with van der Waals surface area (Å²) >= 11 is 1.49. The Morgan fingerprint density at radius 2 is 1.95 bits per heavy atom. The van der Waals surface area contributed by atoms with E-state index in [0.717, 1.165) is 16.7 Å². The predicted octanol–water partition coefficient (Wildman–Crippen LogP) is 3.29. The number of rotatable bonds is 6. The average molecular weight is 321 g/mol. The Labute approximate surface area is 138 Å². The Balaban J connectivity index is 1.43. The minimum atomic E-state index is 0.153. The van der Waals surface area contributed by atoms with E-state index in [1.807, 2.05) is 0 Å². The molecule has 22 heavy (non-hydrogen) atoms. The zero-order valence-corrected chi connectivity index (χ0v) is 14.4. The van der Waals surface area contributed by atoms with Crippen molar-refractivity contribution in [2.75, 3.05) is 43.6 Å². The molecule has 2 heterocycles. The normalized spacial score (nSPS) is 21.1. The molecule has 0 radical (unpaired) electrons. The van der Waals surface area contributed by atoms with Crippen molar-refractivity contribution in [3.05, 3.63) is 24.3 Å². The lowest BCUT2D eigenvalue weighted by atomic mass is 9.92. The highest BCUT2D eigenvalue weighted by Gasteiger charge is 2.29. The summed E-state index contributed by atoms with van der Waals surface area (Å²) < 4.78 is 0. The van der Waals surface area contributed by atoms with Gasteiger partial charge in [0.25, 0.3) is 0 Å². The van der Waals surface area contributed by atoms with E-state index in [2.05, 4.69) is 41.0 Å². The van der Waals surface area contributed by atoms with Crippen LogP contribution in [0.25, 0.3) is 0 Å². The fraction of sp³-hybridized carbons (Fsp3) is 0.667. The maximum absolute atomic E-state index is 9.03. The molecule has 2 saturated heterocycles. The van der Waals surface area contributed by atoms with E-state index in [9.17, 15) is 0 Å². The quantitative estimate of drug-likeness (QED) is 0.643. The van der Waals surface area contributed by atoms with E-state index in [-0.39, 0.29) is 5.94 Å². The lowest BCUT2D eigenvalue weighted by molar-refractivity contribution is 0.148. The van der Waals surface area contributed by atoms with Crippen LogP contribution in [-0.2, 0) is 0 Å². The monoisotopic (exact) mass is 320 g/mol. The standard InChI is InChI=1S/C18H28N2OS/c1-2-15-6-8-19(9-7-15)11-16-12-20(13-16)17-4-3-5-18(10-17)22-14-21/h3-5,10,15-16,21H,2,6-9,11-14H2,1H3. The topological polar surface area (TPSA) is 26.7 Å². The van der Waals surface area contributed by atoms with Gasteiger partial charge >= 0.3 is 0 Å². The van der Waals surface area contributed by atoms with Crippen molar-refractivity contribution in [3.63, 3.8) is 0 Å². The fourth-order valence-corrected chi connectivity index (χ4v) is 4.21. The van der Waals surface area contributed by atoms with Crippen molar-refractivity contribution in [3.8, 4) is 0 Å². The van der Waals surface area contributed by atoms with E-state index in [0.29, 0.717) is 0 Å². The maximum Gasteiger partial charge on any atom is 0.0932 e. The van der Waals surface area contributed by atoms with Gasteiger partial charge in [0.15, 0.2) is 0 Å². The molecule has 3 rings (SSSR count). The molecule has 4 heteroatoms. The zero-order chi connectivity index (χ0) is 15.4. The molecule has 2 aliphatic rings. The summed E-state index contributed by atoms with van der Waals surface area (Å²) in [6.07, 6.45) is 4.15. The third-order valence-electron chi connectivity index (χ3n) is 5.17. The van der Waals surface area contributed by atoms with E-state index in [1.165, 1.54) is 69.4 Å². The zero-order valence-electron chi connectivity index (χ0n) is 13.6. The Morgan fingerprint density at radius 3 is 2.64 bits per heavy atom. The van der Waals surface area contributed by atoms with Crippen LogP contribution in [-0.4, -0.2) is 48.7 Å². The molecule has 1 N–H and O–H groups in total. The van der Waals surface area contributed by atoms with Crippen LogP contribution >= 0.6 is 11.8 Å². The highest BCUT2D eigenvalue weighted by atomic mass is 32.2. The molecule has 0 bridgehead atoms. The molecule has 0 atom stereocenters. The molecule has 0 amide bonds. The van der Waals surface area contributed by atoms with Crippen molar-refractivity contribution < 1.29 is 5.11 Å². The number of anilines is 1. The largest absolute Gasteiger partial charge is 0.385 e. The minimum Gasteiger partial charge on any atom is -0.385 e. The van der Waals surface area contributed by atoms with Gasteiger partial charge in [-0.3, -0.25) is 0 Å². The molecule has 0 aromatic heterocycles. The third kappa shape index (κ3) is 3.98. The average Bonchev–Trinajstić information content (AvgIpc) is 2.51. The lowest BCUT2D eigenvalue weighted by Crippen LogP contribution is -2.52. The lowest BCUT2D eigenvalue weighted by Gasteiger charge is -2.44. The predicted molar refractivity (Wildman–Crippen MR) is 94.5 cm³/mol. The number of hydrogen-bond donors (Lipinski definition) is 1. The van der Waals surface area contributed by atoms with Crippen molar-refractivity contribution in [2.45, 2.75) is 31.1 Å². The van der Waals surface area contributed by atoms with Crippen LogP contribution in [0, 0.1) is 11.8 Å². The van der Waals surface area contributed by atoms with E-state index in [1.54, 1.807) is 0 Å². The van der Waals surface area contributed by atoms with Crippen LogP contribution < -0.4 is 4.90 Å². The molecule has 1 aromatic carbocycles. The van der Waals surface area contributed by atoms with Crippen molar-refractivity contribution in [1.29, 1.82) is 0 Å². The number of benzene rings is 1. The molecular weight excluding hydrogens is 292 g/mol. The van der Waals surface area contributed by atoms with Gasteiger partial charge in [0, 0.05) is 36.1 Å². The van der Waals surface area contributed by atoms with E-state index < -0.39 is 0 Å². The minimum absolute atomic E-state index is 0.153. The Hall–Kier alpha value is -0.710. The number of thioether (sulfide) groups is 1. The molecule has 0 aliphatic carbocycles. The van der Waals surface area contributed by atoms with Gasteiger partial charge in [-0.1, -0.05) is 31.2 Å². The van der Waals surface area contributed by atoms with E-state index >= 15 is 0 Å². The van der Waals surface area contributed by atoms with Gasteiger partial charge in [0.1, 0.15) is 0 Å². The van der Waals surface area contributed by atoms with Gasteiger partial charge in [-0.2, -0.15) is 0 Å². The molecule has 3 nitrogen and oxygen atoms in total. The highest BCUT2D eigenvalue weighted by Crippen LogP contribution is 2.29. The van der Waals surface area contributed by atoms with Crippen LogP contribution in [0.2, 0.25) is 0 Å². The van der Waals surface area contributed by atoms with Crippen molar-refractivity contribution >= 4 is 17.4 Å². The first kappa shape index (κ1) is 16.2. The first-order valence-corrected chi connectivity index (χ1v) is 9.58. The smallest absolute Gasteiger partial charge is 0.0932 e. The molecule has 0 saturated carbocycles. The van der Waals surface area contributed by atoms with Gasteiger partial charge in [0.05, 0.1) is 5.94 Å². The summed E-state index contributed by atoms with van der Waals surface area (Å²) in [6, 6.07) is 8.55. The number of nitrogens with zero attached hydrogens (tertiary/aromatic N) is 2. The number of piperidine rings is 1. The first-order valence-electron chi connectivity index (χ1n) is 8.59. The molecule has 0 spiro atoms. The van der Waals surface area contributed by atoms with Crippen molar-refractivity contribution in [1.82, 2.24) is 4.90 Å². The molecule has 1 aromatic rings. The van der Waals surface area contributed by atoms with Gasteiger partial charge in [-0.15, -0.1) is 0 Å². The Morgan fingerprint density at radius 1 is 1.18 bits per heavy atom. The first-order chi connectivity index (χ1) is 10.8. The van der Waals surface area contributed by atoms with Crippen LogP contribution in [0.15, 0.2) is 29.2 Å². The molecule has 0 unspecified atom stereocenters. The molecular formula is C18H28N2OS. The second-order valence-electron chi connectivity index (χ2n) is 6.69. The number of likely N-dealkylation sites (tertiary alicyclic amines) is 1. The van der Waals surface area contributed by atoms with Crippen LogP contribution in [0.3, 0.4) is 0 Å². The number of aliphatic hydroxyl groups excluding tert-OH is 1. The summed E-state index contributed by atoms with van der Waals surface area (Å²) in [4.78, 5) is 6.29. The third-order valence-corrected chi connectivity index (χ3v) is 5.89. The van der Waals surface area contributed by atoms with Crippen molar-refractivity contribution in [2.24, 2.45) is 11.8 Å². The van der Waals surface area contributed by atoms with E-state index in [4.69, 9.17) is 5.11 Å². The highest BCUT2D eigenvalue weighted by molar-refractivity contribution is 7.99. The van der Waals surface area contributed by atoms with Gasteiger partial charge < -0.3 is 14.9 Å². The second-order valence-corrected chi connectivity index (χ2v) is 7.71. The number of hydrogen-bond acceptors (Lipinski definition) is 4. The van der Waals surface area contributed by atoms with Gasteiger partial charge in [-0.25, -0.2) is 0 Å². The Kier molecular flexibility index (Phi) is 5.66. The maximum atomic E-state index is 9.03. The van der Waals surface area contributed by atoms with Gasteiger partial charge in [-0.05, 0) is 50.0 Å². The summed E-state index contributed by atoms with van der Waals surface area (Å²) in [5.41, 5.74) is 1.30. The van der Waals surface area contributed by atoms with Crippen LogP contribution in [0.1, 0.15) is 26.2 Å². The Bertz CT molecular complexity index is 468.